The first kappa shape index (κ1) is 23.2. The zero-order valence-electron chi connectivity index (χ0n) is 18.6. The molecule has 3 aromatic rings. The number of hydrogen-bond acceptors (Lipinski definition) is 4. The molecule has 0 aliphatic heterocycles. The minimum Gasteiger partial charge on any atom is -0.378 e. The molecule has 3 rings (SSSR count). The van der Waals surface area contributed by atoms with Gasteiger partial charge in [-0.1, -0.05) is 66.7 Å². The first-order chi connectivity index (χ1) is 16.0. The summed E-state index contributed by atoms with van der Waals surface area (Å²) >= 11 is 0. The van der Waals surface area contributed by atoms with Crippen LogP contribution in [-0.4, -0.2) is 32.1 Å². The lowest BCUT2D eigenvalue weighted by Crippen LogP contribution is -2.32. The van der Waals surface area contributed by atoms with Gasteiger partial charge in [-0.05, 0) is 47.5 Å². The third kappa shape index (κ3) is 7.33. The Balaban J connectivity index is 1.75. The molecule has 0 bridgehead atoms. The largest absolute Gasteiger partial charge is 0.378 e. The summed E-state index contributed by atoms with van der Waals surface area (Å²) in [6.45, 7) is 0. The Morgan fingerprint density at radius 1 is 0.818 bits per heavy atom. The Morgan fingerprint density at radius 3 is 2.09 bits per heavy atom. The number of hydrazone groups is 1. The Kier molecular flexibility index (Phi) is 8.31. The fourth-order valence-electron chi connectivity index (χ4n) is 2.90. The van der Waals surface area contributed by atoms with Crippen molar-refractivity contribution in [1.82, 2.24) is 10.7 Å². The standard InChI is InChI=1S/C27H26N4O2/c1-31(2)24-17-15-22(16-18-24)20-25(29-26(32)23-13-7-4-8-14-23)27(33)30-28-19-9-12-21-10-5-3-6-11-21/h3-20H,1-2H3,(H,29,32)(H,30,33)/b12-9-,25-20-,28-19?. The van der Waals surface area contributed by atoms with E-state index in [-0.39, 0.29) is 11.6 Å². The molecule has 0 atom stereocenters. The van der Waals surface area contributed by atoms with Crippen molar-refractivity contribution in [3.63, 3.8) is 0 Å². The van der Waals surface area contributed by atoms with E-state index < -0.39 is 5.91 Å². The van der Waals surface area contributed by atoms with E-state index in [9.17, 15) is 9.59 Å². The minimum atomic E-state index is -0.527. The van der Waals surface area contributed by atoms with Crippen molar-refractivity contribution in [3.8, 4) is 0 Å². The summed E-state index contributed by atoms with van der Waals surface area (Å²) in [6.07, 6.45) is 6.69. The lowest BCUT2D eigenvalue weighted by atomic mass is 10.1. The van der Waals surface area contributed by atoms with Crippen molar-refractivity contribution in [1.29, 1.82) is 0 Å². The molecule has 166 valence electrons. The normalized spacial score (nSPS) is 11.5. The molecule has 0 fully saturated rings. The van der Waals surface area contributed by atoms with Gasteiger partial charge < -0.3 is 10.2 Å². The molecular formula is C27H26N4O2. The highest BCUT2D eigenvalue weighted by atomic mass is 16.2. The summed E-state index contributed by atoms with van der Waals surface area (Å²) in [5, 5.41) is 6.65. The van der Waals surface area contributed by atoms with Crippen LogP contribution in [0.2, 0.25) is 0 Å². The van der Waals surface area contributed by atoms with Gasteiger partial charge in [-0.25, -0.2) is 5.43 Å². The maximum atomic E-state index is 12.8. The quantitative estimate of drug-likeness (QED) is 0.312. The van der Waals surface area contributed by atoms with Crippen LogP contribution in [0.1, 0.15) is 21.5 Å². The molecular weight excluding hydrogens is 412 g/mol. The van der Waals surface area contributed by atoms with Crippen LogP contribution in [0.25, 0.3) is 12.2 Å². The first-order valence-electron chi connectivity index (χ1n) is 10.4. The zero-order chi connectivity index (χ0) is 23.5. The summed E-state index contributed by atoms with van der Waals surface area (Å²) in [6, 6.07) is 26.1. The van der Waals surface area contributed by atoms with E-state index in [1.807, 2.05) is 85.7 Å². The van der Waals surface area contributed by atoms with Crippen LogP contribution in [-0.2, 0) is 4.79 Å². The molecule has 3 aromatic carbocycles. The highest BCUT2D eigenvalue weighted by molar-refractivity contribution is 6.05. The second-order valence-electron chi connectivity index (χ2n) is 7.35. The summed E-state index contributed by atoms with van der Waals surface area (Å²) in [5.41, 5.74) is 5.82. The molecule has 33 heavy (non-hydrogen) atoms. The van der Waals surface area contributed by atoms with E-state index in [2.05, 4.69) is 15.8 Å². The Hall–Kier alpha value is -4.45. The number of benzene rings is 3. The zero-order valence-corrected chi connectivity index (χ0v) is 18.6. The molecule has 6 heteroatoms. The Morgan fingerprint density at radius 2 is 1.45 bits per heavy atom. The molecule has 0 aliphatic rings. The number of allylic oxidation sites excluding steroid dienone is 1. The first-order valence-corrected chi connectivity index (χ1v) is 10.4. The summed E-state index contributed by atoms with van der Waals surface area (Å²) in [4.78, 5) is 27.4. The van der Waals surface area contributed by atoms with Crippen LogP contribution in [0.4, 0.5) is 5.69 Å². The van der Waals surface area contributed by atoms with Crippen LogP contribution in [0, 0.1) is 0 Å². The van der Waals surface area contributed by atoms with Crippen molar-refractivity contribution >= 4 is 35.9 Å². The van der Waals surface area contributed by atoms with Crippen LogP contribution in [0.15, 0.2) is 102 Å². The maximum Gasteiger partial charge on any atom is 0.287 e. The van der Waals surface area contributed by atoms with Crippen LogP contribution in [0.3, 0.4) is 0 Å². The van der Waals surface area contributed by atoms with E-state index in [1.165, 1.54) is 6.21 Å². The third-order valence-electron chi connectivity index (χ3n) is 4.66. The van der Waals surface area contributed by atoms with Gasteiger partial charge in [0.2, 0.25) is 0 Å². The summed E-state index contributed by atoms with van der Waals surface area (Å²) < 4.78 is 0. The highest BCUT2D eigenvalue weighted by Gasteiger charge is 2.14. The molecule has 0 saturated heterocycles. The number of carbonyl (C=O) groups excluding carboxylic acids is 2. The second kappa shape index (κ2) is 11.8. The molecule has 0 saturated carbocycles. The van der Waals surface area contributed by atoms with Gasteiger partial charge in [0, 0.05) is 31.6 Å². The van der Waals surface area contributed by atoms with Gasteiger partial charge >= 0.3 is 0 Å². The smallest absolute Gasteiger partial charge is 0.287 e. The average molecular weight is 439 g/mol. The van der Waals surface area contributed by atoms with Gasteiger partial charge in [0.15, 0.2) is 0 Å². The highest BCUT2D eigenvalue weighted by Crippen LogP contribution is 2.14. The van der Waals surface area contributed by atoms with E-state index in [0.717, 1.165) is 16.8 Å². The van der Waals surface area contributed by atoms with Gasteiger partial charge in [0.05, 0.1) is 0 Å². The summed E-state index contributed by atoms with van der Waals surface area (Å²) in [5.74, 6) is -0.907. The molecule has 0 spiro atoms. The molecule has 2 N–H and O–H groups in total. The number of hydrogen-bond donors (Lipinski definition) is 2. The van der Waals surface area contributed by atoms with Gasteiger partial charge in [0.1, 0.15) is 5.70 Å². The maximum absolute atomic E-state index is 12.8. The van der Waals surface area contributed by atoms with Crippen molar-refractivity contribution in [3.05, 3.63) is 113 Å². The van der Waals surface area contributed by atoms with Crippen molar-refractivity contribution in [2.24, 2.45) is 5.10 Å². The fourth-order valence-corrected chi connectivity index (χ4v) is 2.90. The lowest BCUT2D eigenvalue weighted by Gasteiger charge is -2.12. The van der Waals surface area contributed by atoms with E-state index in [4.69, 9.17) is 0 Å². The van der Waals surface area contributed by atoms with E-state index in [0.29, 0.717) is 5.56 Å². The third-order valence-corrected chi connectivity index (χ3v) is 4.66. The minimum absolute atomic E-state index is 0.0886. The molecule has 0 aromatic heterocycles. The second-order valence-corrected chi connectivity index (χ2v) is 7.35. The monoisotopic (exact) mass is 438 g/mol. The predicted molar refractivity (Wildman–Crippen MR) is 135 cm³/mol. The number of nitrogens with one attached hydrogen (secondary N) is 2. The number of anilines is 1. The van der Waals surface area contributed by atoms with Gasteiger partial charge in [-0.2, -0.15) is 5.10 Å². The fraction of sp³-hybridized carbons (Fsp3) is 0.0741. The van der Waals surface area contributed by atoms with Crippen molar-refractivity contribution in [2.45, 2.75) is 0 Å². The molecule has 0 heterocycles. The Labute approximate surface area is 193 Å². The number of carbonyl (C=O) groups is 2. The van der Waals surface area contributed by atoms with Gasteiger partial charge in [0.25, 0.3) is 11.8 Å². The summed E-state index contributed by atoms with van der Waals surface area (Å²) in [7, 11) is 3.90. The number of rotatable bonds is 8. The van der Waals surface area contributed by atoms with Crippen molar-refractivity contribution in [2.75, 3.05) is 19.0 Å². The molecule has 0 unspecified atom stereocenters. The molecule has 0 aliphatic carbocycles. The van der Waals surface area contributed by atoms with E-state index >= 15 is 0 Å². The average Bonchev–Trinajstić information content (AvgIpc) is 2.84. The van der Waals surface area contributed by atoms with Crippen LogP contribution in [0.5, 0.6) is 0 Å². The topological polar surface area (TPSA) is 73.8 Å². The SMILES string of the molecule is CN(C)c1ccc(/C=C(\NC(=O)c2ccccc2)C(=O)NN=C/C=C\c2ccccc2)cc1. The molecule has 2 amide bonds. The van der Waals surface area contributed by atoms with Gasteiger partial charge in [-0.3, -0.25) is 9.59 Å². The molecule has 6 nitrogen and oxygen atoms in total. The van der Waals surface area contributed by atoms with Gasteiger partial charge in [-0.15, -0.1) is 0 Å². The van der Waals surface area contributed by atoms with Crippen molar-refractivity contribution < 1.29 is 9.59 Å². The molecule has 0 radical (unpaired) electrons. The van der Waals surface area contributed by atoms with Crippen LogP contribution < -0.4 is 15.6 Å². The van der Waals surface area contributed by atoms with E-state index in [1.54, 1.807) is 36.4 Å². The number of nitrogens with zero attached hydrogens (tertiary/aromatic N) is 2. The van der Waals surface area contributed by atoms with Crippen LogP contribution >= 0.6 is 0 Å². The number of amides is 2. The lowest BCUT2D eigenvalue weighted by molar-refractivity contribution is -0.117. The predicted octanol–water partition coefficient (Wildman–Crippen LogP) is 4.34. The Bertz CT molecular complexity index is 1150.